The summed E-state index contributed by atoms with van der Waals surface area (Å²) in [5, 5.41) is -4.63. The lowest BCUT2D eigenvalue weighted by molar-refractivity contribution is -0.168. The predicted molar refractivity (Wildman–Crippen MR) is 49.7 cm³/mol. The second-order valence-corrected chi connectivity index (χ2v) is 5.77. The number of carbonyl (C=O) groups is 1. The average Bonchev–Trinajstić information content (AvgIpc) is 1.99. The number of hydrogen-bond donors (Lipinski definition) is 0. The van der Waals surface area contributed by atoms with E-state index in [4.69, 9.17) is 0 Å². The molecule has 0 aromatic heterocycles. The standard InChI is InChI=1S/C8H14F2O5S/c1-5(8(9,10)16(12,13)14)15-6(11)7(2,3)4/h5H,1-4H3,(H,12,13,14)/p-1. The zero-order valence-corrected chi connectivity index (χ0v) is 10.1. The molecule has 0 aromatic rings. The third-order valence-electron chi connectivity index (χ3n) is 1.70. The fourth-order valence-corrected chi connectivity index (χ4v) is 1.06. The van der Waals surface area contributed by atoms with Crippen LogP contribution < -0.4 is 0 Å². The molecule has 16 heavy (non-hydrogen) atoms. The summed E-state index contributed by atoms with van der Waals surface area (Å²) in [4.78, 5) is 11.2. The Morgan fingerprint density at radius 1 is 1.31 bits per heavy atom. The quantitative estimate of drug-likeness (QED) is 0.559. The Morgan fingerprint density at radius 2 is 1.69 bits per heavy atom. The normalized spacial score (nSPS) is 15.7. The number of carbonyl (C=O) groups excluding carboxylic acids is 1. The molecule has 0 amide bonds. The van der Waals surface area contributed by atoms with Crippen molar-refractivity contribution < 1.29 is 31.3 Å². The van der Waals surface area contributed by atoms with Crippen molar-refractivity contribution >= 4 is 16.1 Å². The Morgan fingerprint density at radius 3 is 1.94 bits per heavy atom. The second-order valence-electron chi connectivity index (χ2n) is 4.31. The fraction of sp³-hybridized carbons (Fsp3) is 0.875. The van der Waals surface area contributed by atoms with Crippen molar-refractivity contribution in [2.45, 2.75) is 39.1 Å². The van der Waals surface area contributed by atoms with Gasteiger partial charge in [0.05, 0.1) is 5.41 Å². The van der Waals surface area contributed by atoms with Gasteiger partial charge in [-0.05, 0) is 27.7 Å². The van der Waals surface area contributed by atoms with Crippen molar-refractivity contribution in [2.75, 3.05) is 0 Å². The molecule has 96 valence electrons. The molecule has 8 heteroatoms. The van der Waals surface area contributed by atoms with Gasteiger partial charge in [-0.1, -0.05) is 0 Å². The minimum atomic E-state index is -5.85. The van der Waals surface area contributed by atoms with Crippen LogP contribution >= 0.6 is 0 Å². The van der Waals surface area contributed by atoms with Crippen LogP contribution in [0.25, 0.3) is 0 Å². The molecule has 1 atom stereocenters. The summed E-state index contributed by atoms with van der Waals surface area (Å²) >= 11 is 0. The minimum absolute atomic E-state index is 0.652. The summed E-state index contributed by atoms with van der Waals surface area (Å²) in [6.45, 7) is 4.88. The maximum absolute atomic E-state index is 12.9. The zero-order chi connectivity index (χ0) is 13.4. The molecule has 0 aliphatic carbocycles. The van der Waals surface area contributed by atoms with Crippen LogP contribution in [-0.4, -0.2) is 30.3 Å². The van der Waals surface area contributed by atoms with Crippen molar-refractivity contribution in [2.24, 2.45) is 5.41 Å². The molecular formula is C8H13F2O5S-. The highest BCUT2D eigenvalue weighted by Gasteiger charge is 2.47. The van der Waals surface area contributed by atoms with Crippen LogP contribution in [0.4, 0.5) is 8.78 Å². The molecule has 0 rings (SSSR count). The highest BCUT2D eigenvalue weighted by atomic mass is 32.2. The molecule has 1 unspecified atom stereocenters. The lowest BCUT2D eigenvalue weighted by atomic mass is 9.97. The van der Waals surface area contributed by atoms with Crippen LogP contribution in [0.1, 0.15) is 27.7 Å². The largest absolute Gasteiger partial charge is 0.743 e. The van der Waals surface area contributed by atoms with E-state index < -0.39 is 32.9 Å². The van der Waals surface area contributed by atoms with E-state index in [0.717, 1.165) is 0 Å². The van der Waals surface area contributed by atoms with Crippen LogP contribution in [0.2, 0.25) is 0 Å². The molecule has 5 nitrogen and oxygen atoms in total. The van der Waals surface area contributed by atoms with Crippen molar-refractivity contribution in [3.8, 4) is 0 Å². The molecular weight excluding hydrogens is 246 g/mol. The number of hydrogen-bond acceptors (Lipinski definition) is 5. The first-order valence-corrected chi connectivity index (χ1v) is 5.75. The van der Waals surface area contributed by atoms with Gasteiger partial charge in [0, 0.05) is 0 Å². The van der Waals surface area contributed by atoms with Gasteiger partial charge in [-0.15, -0.1) is 0 Å². The molecule has 0 aliphatic heterocycles. The number of rotatable bonds is 3. The third-order valence-corrected chi connectivity index (χ3v) is 2.70. The van der Waals surface area contributed by atoms with Crippen LogP contribution in [0.5, 0.6) is 0 Å². The summed E-state index contributed by atoms with van der Waals surface area (Å²) in [6, 6.07) is 0. The molecule has 0 aromatic carbocycles. The van der Waals surface area contributed by atoms with Gasteiger partial charge in [0.1, 0.15) is 0 Å². The molecule has 0 heterocycles. The molecule has 0 bridgehead atoms. The number of esters is 1. The van der Waals surface area contributed by atoms with E-state index >= 15 is 0 Å². The summed E-state index contributed by atoms with van der Waals surface area (Å²) < 4.78 is 60.7. The van der Waals surface area contributed by atoms with E-state index in [2.05, 4.69) is 4.74 Å². The highest BCUT2D eigenvalue weighted by Crippen LogP contribution is 2.28. The first-order valence-electron chi connectivity index (χ1n) is 4.34. The Labute approximate surface area is 92.5 Å². The van der Waals surface area contributed by atoms with Crippen molar-refractivity contribution in [3.63, 3.8) is 0 Å². The molecule has 0 saturated carbocycles. The van der Waals surface area contributed by atoms with E-state index in [9.17, 15) is 26.5 Å². The average molecular weight is 259 g/mol. The van der Waals surface area contributed by atoms with E-state index in [1.807, 2.05) is 0 Å². The molecule has 0 radical (unpaired) electrons. The van der Waals surface area contributed by atoms with Gasteiger partial charge in [0.25, 0.3) is 0 Å². The lowest BCUT2D eigenvalue weighted by Crippen LogP contribution is -2.43. The Balaban J connectivity index is 4.87. The van der Waals surface area contributed by atoms with Crippen LogP contribution in [-0.2, 0) is 19.6 Å². The maximum atomic E-state index is 12.9. The number of alkyl halides is 2. The van der Waals surface area contributed by atoms with Gasteiger partial charge in [0.15, 0.2) is 16.2 Å². The van der Waals surface area contributed by atoms with Gasteiger partial charge in [0.2, 0.25) is 0 Å². The van der Waals surface area contributed by atoms with E-state index in [0.29, 0.717) is 6.92 Å². The SMILES string of the molecule is CC(OC(=O)C(C)(C)C)C(F)(F)S(=O)(=O)[O-]. The van der Waals surface area contributed by atoms with Crippen LogP contribution in [0.15, 0.2) is 0 Å². The first-order chi connectivity index (χ1) is 6.80. The molecule has 0 N–H and O–H groups in total. The Bertz CT molecular complexity index is 368. The smallest absolute Gasteiger partial charge is 0.369 e. The maximum Gasteiger partial charge on any atom is 0.369 e. The van der Waals surface area contributed by atoms with Crippen molar-refractivity contribution in [3.05, 3.63) is 0 Å². The number of halogens is 2. The molecule has 0 spiro atoms. The van der Waals surface area contributed by atoms with Gasteiger partial charge in [-0.3, -0.25) is 4.79 Å². The zero-order valence-electron chi connectivity index (χ0n) is 9.28. The highest BCUT2D eigenvalue weighted by molar-refractivity contribution is 7.86. The monoisotopic (exact) mass is 259 g/mol. The fourth-order valence-electron chi connectivity index (χ4n) is 0.609. The molecule has 0 fully saturated rings. The summed E-state index contributed by atoms with van der Waals surface area (Å²) in [6.07, 6.45) is -2.32. The second kappa shape index (κ2) is 4.25. The Kier molecular flexibility index (Phi) is 4.05. The Hall–Kier alpha value is -0.760. The topological polar surface area (TPSA) is 83.5 Å². The summed E-state index contributed by atoms with van der Waals surface area (Å²) in [7, 11) is -5.85. The van der Waals surface area contributed by atoms with Gasteiger partial charge in [-0.25, -0.2) is 8.42 Å². The van der Waals surface area contributed by atoms with E-state index in [1.165, 1.54) is 20.8 Å². The predicted octanol–water partition coefficient (Wildman–Crippen LogP) is 1.10. The summed E-state index contributed by atoms with van der Waals surface area (Å²) in [5.74, 6) is -1.01. The van der Waals surface area contributed by atoms with Gasteiger partial charge < -0.3 is 9.29 Å². The minimum Gasteiger partial charge on any atom is -0.743 e. The van der Waals surface area contributed by atoms with Crippen molar-refractivity contribution in [1.82, 2.24) is 0 Å². The lowest BCUT2D eigenvalue weighted by Gasteiger charge is -2.28. The van der Waals surface area contributed by atoms with Crippen molar-refractivity contribution in [1.29, 1.82) is 0 Å². The molecule has 0 saturated heterocycles. The third kappa shape index (κ3) is 3.38. The number of ether oxygens (including phenoxy) is 1. The van der Waals surface area contributed by atoms with Crippen LogP contribution in [0, 0.1) is 5.41 Å². The summed E-state index contributed by atoms with van der Waals surface area (Å²) in [5.41, 5.74) is -1.06. The van der Waals surface area contributed by atoms with Gasteiger partial charge in [-0.2, -0.15) is 8.78 Å². The van der Waals surface area contributed by atoms with Gasteiger partial charge >= 0.3 is 11.2 Å². The molecule has 0 aliphatic rings. The van der Waals surface area contributed by atoms with E-state index in [-0.39, 0.29) is 0 Å². The first kappa shape index (κ1) is 15.2. The van der Waals surface area contributed by atoms with Crippen LogP contribution in [0.3, 0.4) is 0 Å². The van der Waals surface area contributed by atoms with E-state index in [1.54, 1.807) is 0 Å².